The molecule has 0 spiro atoms. The molecule has 3 amide bonds. The van der Waals surface area contributed by atoms with Crippen molar-refractivity contribution >= 4 is 23.6 Å². The van der Waals surface area contributed by atoms with Crippen LogP contribution in [-0.4, -0.2) is 62.1 Å². The molecule has 0 unspecified atom stereocenters. The predicted molar refractivity (Wildman–Crippen MR) is 93.4 cm³/mol. The van der Waals surface area contributed by atoms with E-state index >= 15 is 0 Å². The first kappa shape index (κ1) is 18.7. The third-order valence-corrected chi connectivity index (χ3v) is 4.31. The fraction of sp³-hybridized carbons (Fsp3) is 0.471. The number of ether oxygens (including phenoxy) is 1. The first-order valence-electron chi connectivity index (χ1n) is 8.17. The highest BCUT2D eigenvalue weighted by molar-refractivity contribution is 5.93. The zero-order valence-corrected chi connectivity index (χ0v) is 14.5. The number of hydrogen-bond acceptors (Lipinski definition) is 6. The molecule has 8 nitrogen and oxygen atoms in total. The Morgan fingerprint density at radius 3 is 2.48 bits per heavy atom. The monoisotopic (exact) mass is 348 g/mol. The molecule has 0 aliphatic carbocycles. The first-order valence-corrected chi connectivity index (χ1v) is 8.17. The van der Waals surface area contributed by atoms with Crippen LogP contribution in [0.4, 0.5) is 10.5 Å². The van der Waals surface area contributed by atoms with Crippen LogP contribution in [0.2, 0.25) is 0 Å². The molecule has 1 aromatic carbocycles. The van der Waals surface area contributed by atoms with E-state index in [0.717, 1.165) is 25.3 Å². The molecule has 1 aliphatic rings. The minimum Gasteiger partial charge on any atom is -0.465 e. The van der Waals surface area contributed by atoms with Crippen LogP contribution in [0.3, 0.4) is 0 Å². The van der Waals surface area contributed by atoms with E-state index in [-0.39, 0.29) is 24.3 Å². The predicted octanol–water partition coefficient (Wildman–Crippen LogP) is 0.569. The number of carbonyl (C=O) groups excluding carboxylic acids is 3. The number of esters is 1. The molecule has 2 rings (SSSR count). The van der Waals surface area contributed by atoms with E-state index in [1.807, 2.05) is 12.1 Å². The topological polar surface area (TPSA) is 105 Å². The van der Waals surface area contributed by atoms with E-state index in [1.165, 1.54) is 7.11 Å². The molecule has 3 N–H and O–H groups in total. The minimum absolute atomic E-state index is 0.237. The van der Waals surface area contributed by atoms with E-state index in [9.17, 15) is 14.4 Å². The van der Waals surface area contributed by atoms with Crippen LogP contribution in [0, 0.1) is 0 Å². The van der Waals surface area contributed by atoms with E-state index in [0.29, 0.717) is 12.1 Å². The van der Waals surface area contributed by atoms with Crippen molar-refractivity contribution in [1.82, 2.24) is 10.2 Å². The number of nitrogens with zero attached hydrogens (tertiary/aromatic N) is 2. The number of nitrogens with two attached hydrogens (primary N) is 1. The zero-order valence-electron chi connectivity index (χ0n) is 14.5. The normalized spacial score (nSPS) is 17.8. The molecule has 1 heterocycles. The lowest BCUT2D eigenvalue weighted by molar-refractivity contribution is -0.120. The third kappa shape index (κ3) is 5.18. The van der Waals surface area contributed by atoms with Gasteiger partial charge in [0.1, 0.15) is 0 Å². The Kier molecular flexibility index (Phi) is 6.35. The Hall–Kier alpha value is -2.61. The van der Waals surface area contributed by atoms with E-state index in [2.05, 4.69) is 22.0 Å². The zero-order chi connectivity index (χ0) is 18.4. The summed E-state index contributed by atoms with van der Waals surface area (Å²) in [4.78, 5) is 38.1. The largest absolute Gasteiger partial charge is 0.465 e. The molecule has 0 bridgehead atoms. The summed E-state index contributed by atoms with van der Waals surface area (Å²) < 4.78 is 4.70. The lowest BCUT2D eigenvalue weighted by Gasteiger charge is -2.41. The number of rotatable bonds is 5. The molecule has 1 aromatic rings. The molecular formula is C17H24N4O4. The Labute approximate surface area is 146 Å². The highest BCUT2D eigenvalue weighted by atomic mass is 16.5. The van der Waals surface area contributed by atoms with Gasteiger partial charge in [0.25, 0.3) is 0 Å². The standard InChI is InChI=1S/C17H24N4O4/c1-12-11-21(14-5-3-13(4-6-14)16(23)25-2)10-9-20(12)8-7-15(22)19-17(18)24/h3-6,12H,7-11H2,1-2H3,(H3,18,19,22,24)/t12-/m0/s1. The molecule has 1 atom stereocenters. The maximum absolute atomic E-state index is 11.5. The fourth-order valence-electron chi connectivity index (χ4n) is 2.93. The summed E-state index contributed by atoms with van der Waals surface area (Å²) in [6, 6.07) is 6.77. The van der Waals surface area contributed by atoms with Crippen LogP contribution in [0.25, 0.3) is 0 Å². The average molecular weight is 348 g/mol. The summed E-state index contributed by atoms with van der Waals surface area (Å²) in [5, 5.41) is 2.08. The molecule has 0 saturated carbocycles. The van der Waals surface area contributed by atoms with Crippen molar-refractivity contribution in [1.29, 1.82) is 0 Å². The molecule has 0 aromatic heterocycles. The second-order valence-electron chi connectivity index (χ2n) is 6.03. The maximum Gasteiger partial charge on any atom is 0.337 e. The number of carbonyl (C=O) groups is 3. The summed E-state index contributed by atoms with van der Waals surface area (Å²) in [7, 11) is 1.36. The van der Waals surface area contributed by atoms with Crippen molar-refractivity contribution in [2.24, 2.45) is 5.73 Å². The van der Waals surface area contributed by atoms with Gasteiger partial charge < -0.3 is 15.4 Å². The lowest BCUT2D eigenvalue weighted by atomic mass is 10.1. The molecule has 8 heteroatoms. The highest BCUT2D eigenvalue weighted by Crippen LogP contribution is 2.20. The van der Waals surface area contributed by atoms with Crippen LogP contribution in [0.5, 0.6) is 0 Å². The number of methoxy groups -OCH3 is 1. The van der Waals surface area contributed by atoms with Crippen LogP contribution in [-0.2, 0) is 9.53 Å². The van der Waals surface area contributed by atoms with Gasteiger partial charge in [-0.25, -0.2) is 9.59 Å². The maximum atomic E-state index is 11.5. The summed E-state index contributed by atoms with van der Waals surface area (Å²) in [6.45, 7) is 5.12. The van der Waals surface area contributed by atoms with Crippen molar-refractivity contribution in [3.63, 3.8) is 0 Å². The van der Waals surface area contributed by atoms with E-state index in [1.54, 1.807) is 12.1 Å². The second-order valence-corrected chi connectivity index (χ2v) is 6.03. The van der Waals surface area contributed by atoms with Gasteiger partial charge in [0, 0.05) is 44.3 Å². The Balaban J connectivity index is 1.87. The van der Waals surface area contributed by atoms with Gasteiger partial charge >= 0.3 is 12.0 Å². The number of benzene rings is 1. The van der Waals surface area contributed by atoms with Gasteiger partial charge in [-0.2, -0.15) is 0 Å². The average Bonchev–Trinajstić information content (AvgIpc) is 2.59. The molecular weight excluding hydrogens is 324 g/mol. The van der Waals surface area contributed by atoms with Crippen molar-refractivity contribution < 1.29 is 19.1 Å². The fourth-order valence-corrected chi connectivity index (χ4v) is 2.93. The van der Waals surface area contributed by atoms with Crippen molar-refractivity contribution in [2.75, 3.05) is 38.2 Å². The van der Waals surface area contributed by atoms with Gasteiger partial charge in [-0.3, -0.25) is 15.0 Å². The smallest absolute Gasteiger partial charge is 0.337 e. The van der Waals surface area contributed by atoms with Crippen LogP contribution in [0.1, 0.15) is 23.7 Å². The quantitative estimate of drug-likeness (QED) is 0.754. The van der Waals surface area contributed by atoms with Crippen LogP contribution in [0.15, 0.2) is 24.3 Å². The van der Waals surface area contributed by atoms with E-state index < -0.39 is 6.03 Å². The first-order chi connectivity index (χ1) is 11.9. The van der Waals surface area contributed by atoms with E-state index in [4.69, 9.17) is 10.5 Å². The Bertz CT molecular complexity index is 632. The number of amides is 3. The number of nitrogens with one attached hydrogen (secondary N) is 1. The Morgan fingerprint density at radius 1 is 1.24 bits per heavy atom. The van der Waals surface area contributed by atoms with Crippen molar-refractivity contribution in [2.45, 2.75) is 19.4 Å². The summed E-state index contributed by atoms with van der Waals surface area (Å²) >= 11 is 0. The number of urea groups is 1. The van der Waals surface area contributed by atoms with Gasteiger partial charge in [0.2, 0.25) is 5.91 Å². The summed E-state index contributed by atoms with van der Waals surface area (Å²) in [5.41, 5.74) is 6.50. The number of piperazine rings is 1. The van der Waals surface area contributed by atoms with Crippen molar-refractivity contribution in [3.05, 3.63) is 29.8 Å². The highest BCUT2D eigenvalue weighted by Gasteiger charge is 2.24. The number of hydrogen-bond donors (Lipinski definition) is 2. The third-order valence-electron chi connectivity index (χ3n) is 4.31. The number of primary amides is 1. The lowest BCUT2D eigenvalue weighted by Crippen LogP contribution is -2.52. The van der Waals surface area contributed by atoms with Crippen molar-refractivity contribution in [3.8, 4) is 0 Å². The molecule has 0 radical (unpaired) electrons. The molecule has 1 saturated heterocycles. The van der Waals surface area contributed by atoms with Crippen LogP contribution < -0.4 is 16.0 Å². The SMILES string of the molecule is COC(=O)c1ccc(N2CCN(CCC(=O)NC(N)=O)[C@@H](C)C2)cc1. The van der Waals surface area contributed by atoms with Gasteiger partial charge in [-0.15, -0.1) is 0 Å². The van der Waals surface area contributed by atoms with Gasteiger partial charge in [0.15, 0.2) is 0 Å². The molecule has 1 fully saturated rings. The minimum atomic E-state index is -0.821. The molecule has 25 heavy (non-hydrogen) atoms. The summed E-state index contributed by atoms with van der Waals surface area (Å²) in [5.74, 6) is -0.709. The Morgan fingerprint density at radius 2 is 1.92 bits per heavy atom. The van der Waals surface area contributed by atoms with Gasteiger partial charge in [0.05, 0.1) is 12.7 Å². The molecule has 136 valence electrons. The van der Waals surface area contributed by atoms with Crippen LogP contribution >= 0.6 is 0 Å². The summed E-state index contributed by atoms with van der Waals surface area (Å²) in [6.07, 6.45) is 0.237. The van der Waals surface area contributed by atoms with Gasteiger partial charge in [-0.1, -0.05) is 0 Å². The van der Waals surface area contributed by atoms with Gasteiger partial charge in [-0.05, 0) is 31.2 Å². The number of anilines is 1. The molecule has 1 aliphatic heterocycles. The second kappa shape index (κ2) is 8.48. The number of imide groups is 1.